The van der Waals surface area contributed by atoms with E-state index in [1.807, 2.05) is 6.92 Å². The van der Waals surface area contributed by atoms with E-state index in [1.165, 1.54) is 0 Å². The second-order valence-electron chi connectivity index (χ2n) is 2.76. The van der Waals surface area contributed by atoms with E-state index in [-0.39, 0.29) is 5.91 Å². The van der Waals surface area contributed by atoms with Crippen molar-refractivity contribution in [3.05, 3.63) is 11.7 Å². The lowest BCUT2D eigenvalue weighted by Gasteiger charge is -1.98. The van der Waals surface area contributed by atoms with E-state index >= 15 is 0 Å². The minimum atomic E-state index is 0.0185. The van der Waals surface area contributed by atoms with Gasteiger partial charge < -0.3 is 9.84 Å². The molecule has 1 aromatic rings. The maximum absolute atomic E-state index is 11.0. The van der Waals surface area contributed by atoms with Gasteiger partial charge >= 0.3 is 0 Å². The van der Waals surface area contributed by atoms with Gasteiger partial charge in [-0.25, -0.2) is 0 Å². The molecule has 0 bridgehead atoms. The summed E-state index contributed by atoms with van der Waals surface area (Å²) < 4.78 is 4.74. The van der Waals surface area contributed by atoms with Crippen LogP contribution < -0.4 is 5.32 Å². The Morgan fingerprint density at radius 3 is 2.92 bits per heavy atom. The van der Waals surface area contributed by atoms with Gasteiger partial charge in [0.15, 0.2) is 5.82 Å². The number of nitrogens with zero attached hydrogens (tertiary/aromatic N) is 2. The van der Waals surface area contributed by atoms with Crippen LogP contribution in [-0.4, -0.2) is 16.0 Å². The van der Waals surface area contributed by atoms with Crippen LogP contribution in [0.3, 0.4) is 0 Å². The predicted molar refractivity (Wildman–Crippen MR) is 45.8 cm³/mol. The molecule has 0 radical (unpaired) electrons. The molecule has 1 N–H and O–H groups in total. The lowest BCUT2D eigenvalue weighted by Crippen LogP contribution is -2.22. The molecule has 5 heteroatoms. The molecule has 0 saturated heterocycles. The molecule has 0 aliphatic rings. The zero-order chi connectivity index (χ0) is 9.68. The van der Waals surface area contributed by atoms with Gasteiger partial charge in [-0.2, -0.15) is 4.98 Å². The second-order valence-corrected chi connectivity index (χ2v) is 2.76. The first-order valence-corrected chi connectivity index (χ1v) is 4.28. The van der Waals surface area contributed by atoms with Crippen molar-refractivity contribution < 1.29 is 9.32 Å². The van der Waals surface area contributed by atoms with E-state index < -0.39 is 0 Å². The normalized spacial score (nSPS) is 10.0. The van der Waals surface area contributed by atoms with Crippen molar-refractivity contribution >= 4 is 5.91 Å². The molecule has 0 aliphatic carbocycles. The molecule has 0 fully saturated rings. The average Bonchev–Trinajstić information content (AvgIpc) is 2.49. The van der Waals surface area contributed by atoms with Crippen molar-refractivity contribution in [3.63, 3.8) is 0 Å². The number of hydrogen-bond acceptors (Lipinski definition) is 4. The van der Waals surface area contributed by atoms with Crippen LogP contribution in [0.4, 0.5) is 0 Å². The SMILES string of the molecule is CCCC(=O)NCc1noc(C)n1. The van der Waals surface area contributed by atoms with E-state index in [1.54, 1.807) is 6.92 Å². The fraction of sp³-hybridized carbons (Fsp3) is 0.625. The highest BCUT2D eigenvalue weighted by Gasteiger charge is 2.03. The van der Waals surface area contributed by atoms with Gasteiger partial charge in [0.25, 0.3) is 0 Å². The number of amides is 1. The van der Waals surface area contributed by atoms with Crippen LogP contribution in [0.2, 0.25) is 0 Å². The van der Waals surface area contributed by atoms with Crippen LogP contribution in [0.5, 0.6) is 0 Å². The zero-order valence-electron chi connectivity index (χ0n) is 7.83. The highest BCUT2D eigenvalue weighted by Crippen LogP contribution is 1.94. The summed E-state index contributed by atoms with van der Waals surface area (Å²) in [5.74, 6) is 1.05. The van der Waals surface area contributed by atoms with Crippen molar-refractivity contribution in [3.8, 4) is 0 Å². The fourth-order valence-corrected chi connectivity index (χ4v) is 0.906. The molecular weight excluding hydrogens is 170 g/mol. The molecular formula is C8H13N3O2. The number of rotatable bonds is 4. The molecule has 0 aliphatic heterocycles. The van der Waals surface area contributed by atoms with Crippen LogP contribution >= 0.6 is 0 Å². The Balaban J connectivity index is 2.30. The monoisotopic (exact) mass is 183 g/mol. The Morgan fingerprint density at radius 1 is 1.62 bits per heavy atom. The summed E-state index contributed by atoms with van der Waals surface area (Å²) >= 11 is 0. The molecule has 1 aromatic heterocycles. The van der Waals surface area contributed by atoms with Gasteiger partial charge in [-0.15, -0.1) is 0 Å². The summed E-state index contributed by atoms with van der Waals surface area (Å²) in [6.07, 6.45) is 1.38. The molecule has 1 rings (SSSR count). The van der Waals surface area contributed by atoms with Crippen molar-refractivity contribution in [1.29, 1.82) is 0 Å². The fourth-order valence-electron chi connectivity index (χ4n) is 0.906. The minimum Gasteiger partial charge on any atom is -0.349 e. The molecule has 72 valence electrons. The standard InChI is InChI=1S/C8H13N3O2/c1-3-4-8(12)9-5-7-10-6(2)13-11-7/h3-5H2,1-2H3,(H,9,12). The van der Waals surface area contributed by atoms with Gasteiger partial charge in [0.05, 0.1) is 6.54 Å². The predicted octanol–water partition coefficient (Wildman–Crippen LogP) is 0.794. The highest BCUT2D eigenvalue weighted by molar-refractivity contribution is 5.75. The van der Waals surface area contributed by atoms with Crippen LogP contribution in [0, 0.1) is 6.92 Å². The highest BCUT2D eigenvalue weighted by atomic mass is 16.5. The summed E-state index contributed by atoms with van der Waals surface area (Å²) in [5.41, 5.74) is 0. The van der Waals surface area contributed by atoms with Gasteiger partial charge in [-0.3, -0.25) is 4.79 Å². The maximum Gasteiger partial charge on any atom is 0.223 e. The lowest BCUT2D eigenvalue weighted by molar-refractivity contribution is -0.121. The van der Waals surface area contributed by atoms with Crippen LogP contribution in [0.15, 0.2) is 4.52 Å². The van der Waals surface area contributed by atoms with E-state index in [4.69, 9.17) is 4.52 Å². The molecule has 0 saturated carbocycles. The Kier molecular flexibility index (Phi) is 3.42. The Hall–Kier alpha value is -1.39. The number of carbonyl (C=O) groups is 1. The summed E-state index contributed by atoms with van der Waals surface area (Å²) in [6.45, 7) is 4.01. The van der Waals surface area contributed by atoms with Gasteiger partial charge in [0, 0.05) is 13.3 Å². The topological polar surface area (TPSA) is 68.0 Å². The van der Waals surface area contributed by atoms with Crippen LogP contribution in [-0.2, 0) is 11.3 Å². The summed E-state index contributed by atoms with van der Waals surface area (Å²) in [4.78, 5) is 15.0. The Morgan fingerprint density at radius 2 is 2.38 bits per heavy atom. The van der Waals surface area contributed by atoms with Gasteiger partial charge in [-0.05, 0) is 6.42 Å². The van der Waals surface area contributed by atoms with Crippen LogP contribution in [0.25, 0.3) is 0 Å². The largest absolute Gasteiger partial charge is 0.349 e. The van der Waals surface area contributed by atoms with Crippen molar-refractivity contribution in [1.82, 2.24) is 15.5 Å². The van der Waals surface area contributed by atoms with E-state index in [2.05, 4.69) is 15.5 Å². The number of aromatic nitrogens is 2. The third-order valence-corrected chi connectivity index (χ3v) is 1.49. The van der Waals surface area contributed by atoms with E-state index in [9.17, 15) is 4.79 Å². The smallest absolute Gasteiger partial charge is 0.223 e. The minimum absolute atomic E-state index is 0.0185. The second kappa shape index (κ2) is 4.59. The first kappa shape index (κ1) is 9.70. The molecule has 5 nitrogen and oxygen atoms in total. The Bertz CT molecular complexity index is 283. The van der Waals surface area contributed by atoms with Gasteiger partial charge in [0.1, 0.15) is 0 Å². The molecule has 0 atom stereocenters. The Labute approximate surface area is 76.5 Å². The van der Waals surface area contributed by atoms with Crippen molar-refractivity contribution in [2.24, 2.45) is 0 Å². The number of carbonyl (C=O) groups excluding carboxylic acids is 1. The molecule has 13 heavy (non-hydrogen) atoms. The summed E-state index contributed by atoms with van der Waals surface area (Å²) in [5, 5.41) is 6.34. The van der Waals surface area contributed by atoms with Crippen molar-refractivity contribution in [2.45, 2.75) is 33.2 Å². The number of hydrogen-bond donors (Lipinski definition) is 1. The summed E-state index contributed by atoms with van der Waals surface area (Å²) in [7, 11) is 0. The van der Waals surface area contributed by atoms with E-state index in [0.29, 0.717) is 24.7 Å². The van der Waals surface area contributed by atoms with Gasteiger partial charge in [-0.1, -0.05) is 12.1 Å². The zero-order valence-corrected chi connectivity index (χ0v) is 7.83. The van der Waals surface area contributed by atoms with E-state index in [0.717, 1.165) is 6.42 Å². The third kappa shape index (κ3) is 3.23. The molecule has 1 heterocycles. The van der Waals surface area contributed by atoms with Gasteiger partial charge in [0.2, 0.25) is 11.8 Å². The first-order valence-electron chi connectivity index (χ1n) is 4.28. The molecule has 0 unspecified atom stereocenters. The maximum atomic E-state index is 11.0. The lowest BCUT2D eigenvalue weighted by atomic mass is 10.3. The molecule has 0 spiro atoms. The molecule has 1 amide bonds. The van der Waals surface area contributed by atoms with Crippen molar-refractivity contribution in [2.75, 3.05) is 0 Å². The quantitative estimate of drug-likeness (QED) is 0.749. The number of nitrogens with one attached hydrogen (secondary N) is 1. The van der Waals surface area contributed by atoms with Crippen LogP contribution in [0.1, 0.15) is 31.5 Å². The number of aryl methyl sites for hydroxylation is 1. The first-order chi connectivity index (χ1) is 6.22. The third-order valence-electron chi connectivity index (χ3n) is 1.49. The summed E-state index contributed by atoms with van der Waals surface area (Å²) in [6, 6.07) is 0. The molecule has 0 aromatic carbocycles. The average molecular weight is 183 g/mol.